The number of alkyl carbamates (subject to hydrolysis) is 1. The van der Waals surface area contributed by atoms with E-state index in [-0.39, 0.29) is 5.16 Å². The van der Waals surface area contributed by atoms with Gasteiger partial charge in [0, 0.05) is 0 Å². The zero-order valence-corrected chi connectivity index (χ0v) is 13.6. The summed E-state index contributed by atoms with van der Waals surface area (Å²) in [5, 5.41) is 5.18. The molecule has 1 aromatic rings. The van der Waals surface area contributed by atoms with E-state index in [0.717, 1.165) is 11.8 Å². The van der Waals surface area contributed by atoms with Gasteiger partial charge in [-0.2, -0.15) is 18.2 Å². The van der Waals surface area contributed by atoms with E-state index in [1.54, 1.807) is 20.8 Å². The second-order valence-electron chi connectivity index (χ2n) is 5.22. The summed E-state index contributed by atoms with van der Waals surface area (Å²) in [4.78, 5) is 26.9. The molecule has 12 heteroatoms. The van der Waals surface area contributed by atoms with Crippen LogP contribution in [0.3, 0.4) is 0 Å². The second-order valence-corrected chi connectivity index (χ2v) is 6.00. The van der Waals surface area contributed by atoms with E-state index in [1.165, 1.54) is 6.26 Å². The molecule has 23 heavy (non-hydrogen) atoms. The topological polar surface area (TPSA) is 98.1 Å². The van der Waals surface area contributed by atoms with E-state index in [0.29, 0.717) is 4.79 Å². The van der Waals surface area contributed by atoms with Crippen LogP contribution >= 0.6 is 11.8 Å². The number of thioether (sulfide) groups is 1. The van der Waals surface area contributed by atoms with Gasteiger partial charge in [0.05, 0.1) is 0 Å². The van der Waals surface area contributed by atoms with Gasteiger partial charge < -0.3 is 10.1 Å². The van der Waals surface area contributed by atoms with Crippen LogP contribution in [0.25, 0.3) is 0 Å². The Labute approximate surface area is 134 Å². The summed E-state index contributed by atoms with van der Waals surface area (Å²) in [6.45, 7) is 4.44. The molecule has 0 fully saturated rings. The third kappa shape index (κ3) is 6.34. The minimum atomic E-state index is -4.73. The molecule has 2 N–H and O–H groups in total. The van der Waals surface area contributed by atoms with Gasteiger partial charge in [-0.3, -0.25) is 4.79 Å². The lowest BCUT2D eigenvalue weighted by Crippen LogP contribution is -2.39. The number of rotatable bonds is 4. The molecule has 0 aliphatic heterocycles. The molecule has 0 saturated heterocycles. The van der Waals surface area contributed by atoms with Crippen LogP contribution in [0.4, 0.5) is 18.0 Å². The molecule has 0 aliphatic rings. The molecular weight excluding hydrogens is 339 g/mol. The molecule has 0 aliphatic carbocycles. The highest BCUT2D eigenvalue weighted by Crippen LogP contribution is 2.27. The van der Waals surface area contributed by atoms with Crippen LogP contribution < -0.4 is 10.7 Å². The normalized spacial score (nSPS) is 12.0. The number of carbonyl (C=O) groups excluding carboxylic acids is 2. The monoisotopic (exact) mass is 355 g/mol. The highest BCUT2D eigenvalue weighted by molar-refractivity contribution is 7.98. The zero-order chi connectivity index (χ0) is 17.8. The third-order valence-corrected chi connectivity index (χ3v) is 2.67. The zero-order valence-electron chi connectivity index (χ0n) is 12.8. The van der Waals surface area contributed by atoms with Crippen LogP contribution in [0.15, 0.2) is 5.16 Å². The summed E-state index contributed by atoms with van der Waals surface area (Å²) in [7, 11) is 0. The van der Waals surface area contributed by atoms with Crippen LogP contribution in [0.5, 0.6) is 0 Å². The van der Waals surface area contributed by atoms with E-state index in [9.17, 15) is 22.8 Å². The quantitative estimate of drug-likeness (QED) is 0.797. The van der Waals surface area contributed by atoms with Crippen molar-refractivity contribution in [2.24, 2.45) is 0 Å². The van der Waals surface area contributed by atoms with Crippen molar-refractivity contribution >= 4 is 23.8 Å². The van der Waals surface area contributed by atoms with Gasteiger partial charge in [0.1, 0.15) is 12.1 Å². The first-order valence-electron chi connectivity index (χ1n) is 6.27. The third-order valence-electron chi connectivity index (χ3n) is 2.04. The number of aromatic nitrogens is 3. The van der Waals surface area contributed by atoms with Crippen LogP contribution in [-0.2, 0) is 15.7 Å². The van der Waals surface area contributed by atoms with Crippen LogP contribution in [0.2, 0.25) is 0 Å². The molecule has 1 rings (SSSR count). The maximum atomic E-state index is 12.5. The summed E-state index contributed by atoms with van der Waals surface area (Å²) in [5.74, 6) is -2.16. The molecule has 0 bridgehead atoms. The fraction of sp³-hybridized carbons (Fsp3) is 0.636. The summed E-state index contributed by atoms with van der Waals surface area (Å²) in [5.41, 5.74) is 1.35. The average molecular weight is 355 g/mol. The van der Waals surface area contributed by atoms with Gasteiger partial charge in [-0.15, -0.1) is 9.89 Å². The van der Waals surface area contributed by atoms with Gasteiger partial charge in [0.25, 0.3) is 11.7 Å². The minimum absolute atomic E-state index is 0.150. The molecule has 1 heterocycles. The maximum Gasteiger partial charge on any atom is 0.453 e. The lowest BCUT2D eigenvalue weighted by atomic mass is 10.2. The lowest BCUT2D eigenvalue weighted by Gasteiger charge is -2.19. The number of carbonyl (C=O) groups is 2. The minimum Gasteiger partial charge on any atom is -0.444 e. The number of hydrogen-bond acceptors (Lipinski definition) is 6. The summed E-state index contributed by atoms with van der Waals surface area (Å²) < 4.78 is 42.5. The highest BCUT2D eigenvalue weighted by Gasteiger charge is 2.37. The first-order chi connectivity index (χ1) is 10.4. The molecule has 0 saturated carbocycles. The van der Waals surface area contributed by atoms with Gasteiger partial charge in [0.2, 0.25) is 5.16 Å². The average Bonchev–Trinajstić information content (AvgIpc) is 2.77. The number of halogens is 3. The van der Waals surface area contributed by atoms with Gasteiger partial charge in [-0.1, -0.05) is 11.8 Å². The van der Waals surface area contributed by atoms with E-state index < -0.39 is 36.1 Å². The number of nitrogens with zero attached hydrogens (tertiary/aromatic N) is 3. The van der Waals surface area contributed by atoms with Crippen LogP contribution in [0, 0.1) is 0 Å². The van der Waals surface area contributed by atoms with Crippen molar-refractivity contribution < 1.29 is 27.5 Å². The van der Waals surface area contributed by atoms with E-state index >= 15 is 0 Å². The molecule has 0 unspecified atom stereocenters. The summed E-state index contributed by atoms with van der Waals surface area (Å²) >= 11 is 0.869. The van der Waals surface area contributed by atoms with Crippen molar-refractivity contribution in [2.45, 2.75) is 37.7 Å². The number of alkyl halides is 3. The second kappa shape index (κ2) is 7.06. The standard InChI is InChI=1S/C11H16F3N5O3S/c1-10(2,3)22-9(21)15-5-6(20)17-19-8(23-4)16-7(18-19)11(12,13)14/h5H2,1-4H3,(H,15,21)(H,17,20). The molecule has 1 aromatic heterocycles. The molecule has 8 nitrogen and oxygen atoms in total. The van der Waals surface area contributed by atoms with E-state index in [2.05, 4.69) is 20.8 Å². The van der Waals surface area contributed by atoms with Gasteiger partial charge >= 0.3 is 12.3 Å². The number of hydrogen-bond donors (Lipinski definition) is 2. The lowest BCUT2D eigenvalue weighted by molar-refractivity contribution is -0.145. The Morgan fingerprint density at radius 2 is 1.91 bits per heavy atom. The largest absolute Gasteiger partial charge is 0.453 e. The van der Waals surface area contributed by atoms with Crippen molar-refractivity contribution in [1.82, 2.24) is 20.2 Å². The highest BCUT2D eigenvalue weighted by atomic mass is 32.2. The fourth-order valence-corrected chi connectivity index (χ4v) is 1.68. The van der Waals surface area contributed by atoms with Crippen molar-refractivity contribution in [1.29, 1.82) is 0 Å². The predicted octanol–water partition coefficient (Wildman–Crippen LogP) is 1.61. The molecule has 0 aromatic carbocycles. The Morgan fingerprint density at radius 1 is 1.30 bits per heavy atom. The molecule has 0 radical (unpaired) electrons. The first-order valence-corrected chi connectivity index (χ1v) is 7.50. The molecule has 0 spiro atoms. The molecule has 2 amide bonds. The number of amides is 2. The fourth-order valence-electron chi connectivity index (χ4n) is 1.25. The Morgan fingerprint density at radius 3 is 2.39 bits per heavy atom. The molecule has 130 valence electrons. The van der Waals surface area contributed by atoms with Gasteiger partial charge in [-0.05, 0) is 27.0 Å². The Bertz CT molecular complexity index is 582. The Kier molecular flexibility index (Phi) is 5.86. The summed E-state index contributed by atoms with van der Waals surface area (Å²) in [6.07, 6.45) is -4.08. The van der Waals surface area contributed by atoms with Crippen LogP contribution in [-0.4, -0.2) is 45.3 Å². The first kappa shape index (κ1) is 19.1. The van der Waals surface area contributed by atoms with Crippen molar-refractivity contribution in [2.75, 3.05) is 18.2 Å². The van der Waals surface area contributed by atoms with Crippen molar-refractivity contribution in [3.05, 3.63) is 5.82 Å². The predicted molar refractivity (Wildman–Crippen MR) is 75.4 cm³/mol. The summed E-state index contributed by atoms with van der Waals surface area (Å²) in [6, 6.07) is 0. The Balaban J connectivity index is 2.64. The van der Waals surface area contributed by atoms with Crippen LogP contribution in [0.1, 0.15) is 26.6 Å². The number of nitrogens with one attached hydrogen (secondary N) is 2. The van der Waals surface area contributed by atoms with Gasteiger partial charge in [-0.25, -0.2) is 10.2 Å². The van der Waals surface area contributed by atoms with Gasteiger partial charge in [0.15, 0.2) is 0 Å². The van der Waals surface area contributed by atoms with Crippen molar-refractivity contribution in [3.63, 3.8) is 0 Å². The smallest absolute Gasteiger partial charge is 0.444 e. The Hall–Kier alpha value is -1.98. The van der Waals surface area contributed by atoms with Crippen molar-refractivity contribution in [3.8, 4) is 0 Å². The van der Waals surface area contributed by atoms with E-state index in [1.807, 2.05) is 0 Å². The number of ether oxygens (including phenoxy) is 1. The SMILES string of the molecule is CSc1nc(C(F)(F)F)nn1NC(=O)CNC(=O)OC(C)(C)C. The maximum absolute atomic E-state index is 12.5. The molecule has 0 atom stereocenters. The molecular formula is C11H16F3N5O3S. The van der Waals surface area contributed by atoms with E-state index in [4.69, 9.17) is 4.74 Å².